The Morgan fingerprint density at radius 3 is 3.07 bits per heavy atom. The molecular formula is C21H21N5O2. The minimum absolute atomic E-state index is 0.00990. The van der Waals surface area contributed by atoms with Gasteiger partial charge in [0.05, 0.1) is 11.7 Å². The first-order chi connectivity index (χ1) is 13.5. The molecule has 1 aliphatic heterocycles. The zero-order valence-corrected chi connectivity index (χ0v) is 15.8. The third-order valence-electron chi connectivity index (χ3n) is 4.94. The number of aromatic nitrogens is 3. The number of aryl methyl sites for hydroxylation is 2. The van der Waals surface area contributed by atoms with Gasteiger partial charge in [0.2, 0.25) is 11.8 Å². The highest BCUT2D eigenvalue weighted by molar-refractivity contribution is 5.94. The van der Waals surface area contributed by atoms with Crippen LogP contribution in [-0.4, -0.2) is 38.3 Å². The average Bonchev–Trinajstić information content (AvgIpc) is 3.01. The highest BCUT2D eigenvalue weighted by Gasteiger charge is 2.16. The molecule has 1 aliphatic rings. The van der Waals surface area contributed by atoms with Crippen molar-refractivity contribution in [2.45, 2.75) is 19.4 Å². The Bertz CT molecular complexity index is 1100. The number of nitrogens with one attached hydrogen (secondary N) is 1. The quantitative estimate of drug-likeness (QED) is 0.711. The number of carbonyl (C=O) groups excluding carboxylic acids is 2. The fraction of sp³-hybridized carbons (Fsp3) is 0.238. The van der Waals surface area contributed by atoms with Crippen LogP contribution in [0.4, 0.5) is 5.82 Å². The third-order valence-corrected chi connectivity index (χ3v) is 4.94. The number of fused-ring (bicyclic) bond motifs is 2. The van der Waals surface area contributed by atoms with Crippen LogP contribution in [0.1, 0.15) is 23.1 Å². The van der Waals surface area contributed by atoms with Crippen LogP contribution in [0, 0.1) is 0 Å². The fourth-order valence-corrected chi connectivity index (χ4v) is 3.43. The molecule has 1 N–H and O–H groups in total. The van der Waals surface area contributed by atoms with E-state index in [2.05, 4.69) is 15.3 Å². The SMILES string of the molecule is CN(Cc1cn(C)c2cnccc12)C(=O)/C=C/c1cnc2c(c1)CCC(=O)N2. The van der Waals surface area contributed by atoms with Crippen LogP contribution in [0.25, 0.3) is 17.0 Å². The third kappa shape index (κ3) is 3.51. The topological polar surface area (TPSA) is 80.1 Å². The molecule has 0 aliphatic carbocycles. The molecule has 2 amide bonds. The predicted molar refractivity (Wildman–Crippen MR) is 107 cm³/mol. The summed E-state index contributed by atoms with van der Waals surface area (Å²) in [6, 6.07) is 3.93. The molecule has 0 atom stereocenters. The molecule has 0 spiro atoms. The van der Waals surface area contributed by atoms with Crippen LogP contribution in [-0.2, 0) is 29.6 Å². The van der Waals surface area contributed by atoms with E-state index in [0.717, 1.165) is 27.6 Å². The number of hydrogen-bond donors (Lipinski definition) is 1. The summed E-state index contributed by atoms with van der Waals surface area (Å²) in [7, 11) is 3.76. The van der Waals surface area contributed by atoms with Crippen LogP contribution in [0.5, 0.6) is 0 Å². The molecule has 28 heavy (non-hydrogen) atoms. The van der Waals surface area contributed by atoms with Gasteiger partial charge in [0.15, 0.2) is 0 Å². The van der Waals surface area contributed by atoms with Crippen molar-refractivity contribution in [2.24, 2.45) is 7.05 Å². The van der Waals surface area contributed by atoms with Crippen molar-refractivity contribution >= 4 is 34.6 Å². The number of rotatable bonds is 4. The Morgan fingerprint density at radius 2 is 2.21 bits per heavy atom. The van der Waals surface area contributed by atoms with E-state index >= 15 is 0 Å². The van der Waals surface area contributed by atoms with Crippen LogP contribution in [0.15, 0.2) is 43.0 Å². The van der Waals surface area contributed by atoms with E-state index in [1.807, 2.05) is 36.1 Å². The van der Waals surface area contributed by atoms with Crippen molar-refractivity contribution in [3.63, 3.8) is 0 Å². The van der Waals surface area contributed by atoms with Gasteiger partial charge in [0.25, 0.3) is 0 Å². The molecule has 7 nitrogen and oxygen atoms in total. The normalized spacial score (nSPS) is 13.6. The lowest BCUT2D eigenvalue weighted by atomic mass is 10.0. The molecule has 0 saturated carbocycles. The number of anilines is 1. The van der Waals surface area contributed by atoms with E-state index < -0.39 is 0 Å². The van der Waals surface area contributed by atoms with Crippen molar-refractivity contribution in [2.75, 3.05) is 12.4 Å². The highest BCUT2D eigenvalue weighted by Crippen LogP contribution is 2.22. The number of carbonyl (C=O) groups is 2. The molecule has 0 aromatic carbocycles. The monoisotopic (exact) mass is 375 g/mol. The van der Waals surface area contributed by atoms with Crippen LogP contribution >= 0.6 is 0 Å². The number of amides is 2. The lowest BCUT2D eigenvalue weighted by molar-refractivity contribution is -0.125. The molecule has 0 fully saturated rings. The van der Waals surface area contributed by atoms with E-state index in [-0.39, 0.29) is 11.8 Å². The minimum atomic E-state index is -0.0860. The number of nitrogens with zero attached hydrogens (tertiary/aromatic N) is 4. The standard InChI is InChI=1S/C21H21N5O2/c1-25-12-16(17-7-8-22-11-18(17)25)13-26(2)20(28)6-3-14-9-15-4-5-19(27)24-21(15)23-10-14/h3,6-12H,4-5,13H2,1-2H3,(H,23,24,27)/b6-3+. The molecule has 0 saturated heterocycles. The van der Waals surface area contributed by atoms with E-state index in [1.165, 1.54) is 0 Å². The minimum Gasteiger partial charge on any atom is -0.349 e. The van der Waals surface area contributed by atoms with Crippen molar-refractivity contribution < 1.29 is 9.59 Å². The first-order valence-electron chi connectivity index (χ1n) is 9.11. The first-order valence-corrected chi connectivity index (χ1v) is 9.11. The maximum atomic E-state index is 12.5. The second-order valence-corrected chi connectivity index (χ2v) is 7.01. The van der Waals surface area contributed by atoms with Crippen molar-refractivity contribution in [3.05, 3.63) is 59.7 Å². The molecule has 3 aromatic heterocycles. The van der Waals surface area contributed by atoms with Gasteiger partial charge in [-0.3, -0.25) is 14.6 Å². The zero-order valence-electron chi connectivity index (χ0n) is 15.8. The van der Waals surface area contributed by atoms with Gasteiger partial charge in [0, 0.05) is 57.1 Å². The van der Waals surface area contributed by atoms with E-state index in [9.17, 15) is 9.59 Å². The highest BCUT2D eigenvalue weighted by atomic mass is 16.2. The van der Waals surface area contributed by atoms with Gasteiger partial charge in [-0.2, -0.15) is 0 Å². The van der Waals surface area contributed by atoms with Crippen molar-refractivity contribution in [3.8, 4) is 0 Å². The van der Waals surface area contributed by atoms with Gasteiger partial charge < -0.3 is 14.8 Å². The predicted octanol–water partition coefficient (Wildman–Crippen LogP) is 2.52. The largest absolute Gasteiger partial charge is 0.349 e. The van der Waals surface area contributed by atoms with Gasteiger partial charge in [-0.05, 0) is 41.3 Å². The molecule has 7 heteroatoms. The number of hydrogen-bond acceptors (Lipinski definition) is 4. The Balaban J connectivity index is 1.46. The summed E-state index contributed by atoms with van der Waals surface area (Å²) in [6.45, 7) is 0.513. The van der Waals surface area contributed by atoms with Crippen molar-refractivity contribution in [1.82, 2.24) is 19.4 Å². The van der Waals surface area contributed by atoms with Gasteiger partial charge in [-0.25, -0.2) is 4.98 Å². The summed E-state index contributed by atoms with van der Waals surface area (Å²) in [6.07, 6.45) is 11.7. The van der Waals surface area contributed by atoms with E-state index in [0.29, 0.717) is 25.2 Å². The van der Waals surface area contributed by atoms with E-state index in [1.54, 1.807) is 36.5 Å². The van der Waals surface area contributed by atoms with Crippen LogP contribution in [0.3, 0.4) is 0 Å². The summed E-state index contributed by atoms with van der Waals surface area (Å²) in [5.74, 6) is 0.517. The lowest BCUT2D eigenvalue weighted by Crippen LogP contribution is -2.24. The molecule has 0 bridgehead atoms. The Hall–Kier alpha value is -3.48. The summed E-state index contributed by atoms with van der Waals surface area (Å²) in [4.78, 5) is 34.1. The Kier molecular flexibility index (Phi) is 4.65. The van der Waals surface area contributed by atoms with Crippen molar-refractivity contribution in [1.29, 1.82) is 0 Å². The molecule has 4 rings (SSSR count). The second kappa shape index (κ2) is 7.26. The van der Waals surface area contributed by atoms with Gasteiger partial charge >= 0.3 is 0 Å². The number of likely N-dealkylation sites (N-methyl/N-ethyl adjacent to an activating group) is 1. The molecule has 3 aromatic rings. The fourth-order valence-electron chi connectivity index (χ4n) is 3.43. The Morgan fingerprint density at radius 1 is 1.36 bits per heavy atom. The maximum Gasteiger partial charge on any atom is 0.246 e. The van der Waals surface area contributed by atoms with Crippen LogP contribution < -0.4 is 5.32 Å². The Labute approximate surface area is 162 Å². The molecule has 0 radical (unpaired) electrons. The van der Waals surface area contributed by atoms with Gasteiger partial charge in [-0.1, -0.05) is 0 Å². The summed E-state index contributed by atoms with van der Waals surface area (Å²) in [5.41, 5.74) is 3.95. The molecule has 0 unspecified atom stereocenters. The summed E-state index contributed by atoms with van der Waals surface area (Å²) in [5, 5.41) is 3.86. The smallest absolute Gasteiger partial charge is 0.246 e. The van der Waals surface area contributed by atoms with Gasteiger partial charge in [0.1, 0.15) is 5.82 Å². The van der Waals surface area contributed by atoms with E-state index in [4.69, 9.17) is 0 Å². The average molecular weight is 375 g/mol. The lowest BCUT2D eigenvalue weighted by Gasteiger charge is -2.16. The first kappa shape index (κ1) is 17.9. The summed E-state index contributed by atoms with van der Waals surface area (Å²) >= 11 is 0. The van der Waals surface area contributed by atoms with Crippen LogP contribution in [0.2, 0.25) is 0 Å². The second-order valence-electron chi connectivity index (χ2n) is 7.01. The summed E-state index contributed by atoms with van der Waals surface area (Å²) < 4.78 is 2.02. The molecule has 142 valence electrons. The zero-order chi connectivity index (χ0) is 19.7. The number of pyridine rings is 2. The molecular weight excluding hydrogens is 354 g/mol. The van der Waals surface area contributed by atoms with Gasteiger partial charge in [-0.15, -0.1) is 0 Å². The molecule has 4 heterocycles. The maximum absolute atomic E-state index is 12.5.